The van der Waals surface area contributed by atoms with Gasteiger partial charge in [-0.1, -0.05) is 22.0 Å². The molecule has 0 amide bonds. The molecule has 1 aromatic rings. The van der Waals surface area contributed by atoms with Gasteiger partial charge >= 0.3 is 0 Å². The predicted octanol–water partition coefficient (Wildman–Crippen LogP) is 1.69. The normalized spacial score (nSPS) is 21.4. The molecule has 0 bridgehead atoms. The van der Waals surface area contributed by atoms with Crippen LogP contribution in [0.4, 0.5) is 0 Å². The summed E-state index contributed by atoms with van der Waals surface area (Å²) >= 11 is 3.46. The zero-order chi connectivity index (χ0) is 12.1. The van der Waals surface area contributed by atoms with Gasteiger partial charge in [0.1, 0.15) is 0 Å². The minimum atomic E-state index is 0.286. The Morgan fingerprint density at radius 2 is 2.47 bits per heavy atom. The van der Waals surface area contributed by atoms with Crippen LogP contribution in [-0.2, 0) is 11.3 Å². The van der Waals surface area contributed by atoms with Crippen molar-refractivity contribution in [1.82, 2.24) is 9.88 Å². The Labute approximate surface area is 110 Å². The third kappa shape index (κ3) is 3.66. The monoisotopic (exact) mass is 300 g/mol. The maximum atomic E-state index is 5.61. The largest absolute Gasteiger partial charge is 0.481 e. The Bertz CT molecular complexity index is 362. The second-order valence-corrected chi connectivity index (χ2v) is 4.70. The number of nitrogens with zero attached hydrogens (tertiary/aromatic N) is 2. The third-order valence-corrected chi connectivity index (χ3v) is 3.49. The number of hydrogen-bond donors (Lipinski definition) is 0. The van der Waals surface area contributed by atoms with E-state index in [2.05, 4.69) is 25.8 Å². The fraction of sp³-hybridized carbons (Fsp3) is 0.583. The van der Waals surface area contributed by atoms with E-state index in [1.54, 1.807) is 7.11 Å². The molecule has 1 atom stereocenters. The molecule has 0 saturated carbocycles. The molecular formula is C12H17BrN2O2. The summed E-state index contributed by atoms with van der Waals surface area (Å²) in [5.74, 6) is 0.674. The molecule has 1 aliphatic rings. The number of methoxy groups -OCH3 is 1. The lowest BCUT2D eigenvalue weighted by molar-refractivity contribution is -0.0185. The van der Waals surface area contributed by atoms with Crippen molar-refractivity contribution < 1.29 is 9.47 Å². The lowest BCUT2D eigenvalue weighted by Gasteiger charge is -2.31. The summed E-state index contributed by atoms with van der Waals surface area (Å²) in [5.41, 5.74) is 1.04. The number of halogens is 1. The highest BCUT2D eigenvalue weighted by molar-refractivity contribution is 9.09. The molecule has 94 valence electrons. The number of ether oxygens (including phenoxy) is 2. The summed E-state index contributed by atoms with van der Waals surface area (Å²) < 4.78 is 10.7. The van der Waals surface area contributed by atoms with E-state index < -0.39 is 0 Å². The topological polar surface area (TPSA) is 34.6 Å². The molecule has 4 nitrogen and oxygen atoms in total. The van der Waals surface area contributed by atoms with Crippen molar-refractivity contribution in [3.05, 3.63) is 23.9 Å². The Balaban J connectivity index is 1.95. The molecule has 0 spiro atoms. The molecule has 2 heterocycles. The molecule has 5 heteroatoms. The van der Waals surface area contributed by atoms with E-state index in [0.717, 1.165) is 37.3 Å². The van der Waals surface area contributed by atoms with E-state index in [9.17, 15) is 0 Å². The van der Waals surface area contributed by atoms with E-state index >= 15 is 0 Å². The van der Waals surface area contributed by atoms with Crippen LogP contribution >= 0.6 is 15.9 Å². The maximum absolute atomic E-state index is 5.61. The van der Waals surface area contributed by atoms with Gasteiger partial charge in [0.05, 0.1) is 25.5 Å². The Hall–Kier alpha value is -0.650. The third-order valence-electron chi connectivity index (χ3n) is 2.77. The molecule has 1 aromatic heterocycles. The molecular weight excluding hydrogens is 284 g/mol. The van der Waals surface area contributed by atoms with Crippen LogP contribution in [0.2, 0.25) is 0 Å². The molecule has 0 N–H and O–H groups in total. The summed E-state index contributed by atoms with van der Waals surface area (Å²) in [6.07, 6.45) is 0.286. The number of hydrogen-bond acceptors (Lipinski definition) is 4. The van der Waals surface area contributed by atoms with Crippen LogP contribution in [0.1, 0.15) is 5.69 Å². The number of aromatic nitrogens is 1. The Morgan fingerprint density at radius 3 is 3.24 bits per heavy atom. The quantitative estimate of drug-likeness (QED) is 0.793. The van der Waals surface area contributed by atoms with Crippen LogP contribution in [0.5, 0.6) is 5.88 Å². The van der Waals surface area contributed by atoms with Gasteiger partial charge < -0.3 is 9.47 Å². The van der Waals surface area contributed by atoms with Gasteiger partial charge in [-0.3, -0.25) is 4.90 Å². The minimum Gasteiger partial charge on any atom is -0.481 e. The molecule has 17 heavy (non-hydrogen) atoms. The van der Waals surface area contributed by atoms with Gasteiger partial charge in [-0.25, -0.2) is 4.98 Å². The molecule has 2 rings (SSSR count). The van der Waals surface area contributed by atoms with Crippen molar-refractivity contribution in [2.24, 2.45) is 0 Å². The number of morpholine rings is 1. The average molecular weight is 301 g/mol. The van der Waals surface area contributed by atoms with Crippen molar-refractivity contribution >= 4 is 15.9 Å². The summed E-state index contributed by atoms with van der Waals surface area (Å²) in [7, 11) is 1.64. The first kappa shape index (κ1) is 12.8. The fourth-order valence-corrected chi connectivity index (χ4v) is 2.30. The molecule has 0 aromatic carbocycles. The zero-order valence-corrected chi connectivity index (χ0v) is 11.5. The molecule has 0 radical (unpaired) electrons. The molecule has 1 unspecified atom stereocenters. The second kappa shape index (κ2) is 6.33. The van der Waals surface area contributed by atoms with E-state index in [4.69, 9.17) is 9.47 Å². The molecule has 0 aliphatic carbocycles. The van der Waals surface area contributed by atoms with Crippen molar-refractivity contribution in [3.63, 3.8) is 0 Å². The van der Waals surface area contributed by atoms with Gasteiger partial charge in [-0.2, -0.15) is 0 Å². The van der Waals surface area contributed by atoms with E-state index in [1.807, 2.05) is 18.2 Å². The first-order chi connectivity index (χ1) is 8.31. The van der Waals surface area contributed by atoms with Crippen LogP contribution < -0.4 is 4.74 Å². The first-order valence-corrected chi connectivity index (χ1v) is 6.84. The highest BCUT2D eigenvalue weighted by atomic mass is 79.9. The second-order valence-electron chi connectivity index (χ2n) is 4.05. The summed E-state index contributed by atoms with van der Waals surface area (Å²) in [6.45, 7) is 3.55. The van der Waals surface area contributed by atoms with Crippen LogP contribution in [0.3, 0.4) is 0 Å². The van der Waals surface area contributed by atoms with Gasteiger partial charge in [0.15, 0.2) is 0 Å². The van der Waals surface area contributed by atoms with E-state index in [-0.39, 0.29) is 6.10 Å². The number of rotatable bonds is 4. The van der Waals surface area contributed by atoms with Crippen LogP contribution in [0.25, 0.3) is 0 Å². The van der Waals surface area contributed by atoms with Gasteiger partial charge in [-0.05, 0) is 6.07 Å². The van der Waals surface area contributed by atoms with Crippen LogP contribution in [-0.4, -0.2) is 48.1 Å². The summed E-state index contributed by atoms with van der Waals surface area (Å²) in [6, 6.07) is 5.87. The summed E-state index contributed by atoms with van der Waals surface area (Å²) in [5, 5.41) is 0.884. The highest BCUT2D eigenvalue weighted by Crippen LogP contribution is 2.13. The lowest BCUT2D eigenvalue weighted by atomic mass is 10.2. The fourth-order valence-electron chi connectivity index (χ4n) is 1.91. The Kier molecular flexibility index (Phi) is 4.76. The number of pyridine rings is 1. The molecule has 1 aliphatic heterocycles. The van der Waals surface area contributed by atoms with Crippen molar-refractivity contribution in [3.8, 4) is 5.88 Å². The summed E-state index contributed by atoms with van der Waals surface area (Å²) in [4.78, 5) is 6.78. The van der Waals surface area contributed by atoms with Gasteiger partial charge in [0.2, 0.25) is 5.88 Å². The SMILES string of the molecule is COc1cccc(CN2CCOC(CBr)C2)n1. The van der Waals surface area contributed by atoms with Crippen molar-refractivity contribution in [2.45, 2.75) is 12.6 Å². The van der Waals surface area contributed by atoms with Gasteiger partial charge in [-0.15, -0.1) is 0 Å². The first-order valence-electron chi connectivity index (χ1n) is 5.71. The van der Waals surface area contributed by atoms with Crippen LogP contribution in [0.15, 0.2) is 18.2 Å². The zero-order valence-electron chi connectivity index (χ0n) is 9.93. The minimum absolute atomic E-state index is 0.286. The van der Waals surface area contributed by atoms with E-state index in [1.165, 1.54) is 0 Å². The predicted molar refractivity (Wildman–Crippen MR) is 69.6 cm³/mol. The van der Waals surface area contributed by atoms with E-state index in [0.29, 0.717) is 5.88 Å². The number of alkyl halides is 1. The van der Waals surface area contributed by atoms with Gasteiger partial charge in [0, 0.05) is 31.0 Å². The molecule has 1 saturated heterocycles. The van der Waals surface area contributed by atoms with Gasteiger partial charge in [0.25, 0.3) is 0 Å². The smallest absolute Gasteiger partial charge is 0.213 e. The lowest BCUT2D eigenvalue weighted by Crippen LogP contribution is -2.42. The maximum Gasteiger partial charge on any atom is 0.213 e. The Morgan fingerprint density at radius 1 is 1.59 bits per heavy atom. The average Bonchev–Trinajstić information content (AvgIpc) is 2.39. The highest BCUT2D eigenvalue weighted by Gasteiger charge is 2.19. The van der Waals surface area contributed by atoms with Crippen LogP contribution in [0, 0.1) is 0 Å². The van der Waals surface area contributed by atoms with Crippen molar-refractivity contribution in [1.29, 1.82) is 0 Å². The van der Waals surface area contributed by atoms with Crippen molar-refractivity contribution in [2.75, 3.05) is 32.1 Å². The molecule has 1 fully saturated rings. The standard InChI is InChI=1S/C12H17BrN2O2/c1-16-12-4-2-3-10(14-12)8-15-5-6-17-11(7-13)9-15/h2-4,11H,5-9H2,1H3.